The maximum absolute atomic E-state index is 11.8. The van der Waals surface area contributed by atoms with Crippen LogP contribution in [0.5, 0.6) is 0 Å². The highest BCUT2D eigenvalue weighted by Crippen LogP contribution is 2.22. The average Bonchev–Trinajstić information content (AvgIpc) is 2.75. The number of nitrogens with zero attached hydrogens (tertiary/aromatic N) is 2. The number of para-hydroxylation sites is 1. The van der Waals surface area contributed by atoms with E-state index in [1.54, 1.807) is 6.20 Å². The van der Waals surface area contributed by atoms with E-state index >= 15 is 0 Å². The van der Waals surface area contributed by atoms with Gasteiger partial charge in [-0.1, -0.05) is 23.9 Å². The summed E-state index contributed by atoms with van der Waals surface area (Å²) in [6.45, 7) is 0. The molecule has 0 saturated heterocycles. The molecule has 2 aromatic rings. The van der Waals surface area contributed by atoms with Gasteiger partial charge in [0.25, 0.3) is 0 Å². The summed E-state index contributed by atoms with van der Waals surface area (Å²) in [4.78, 5) is 15.9. The summed E-state index contributed by atoms with van der Waals surface area (Å²) in [5.41, 5.74) is 0.781. The summed E-state index contributed by atoms with van der Waals surface area (Å²) in [5, 5.41) is 3.68. The fourth-order valence-electron chi connectivity index (χ4n) is 1.37. The molecule has 7 heteroatoms. The lowest BCUT2D eigenvalue weighted by molar-refractivity contribution is -0.113. The van der Waals surface area contributed by atoms with Crippen molar-refractivity contribution in [3.8, 4) is 0 Å². The van der Waals surface area contributed by atoms with Gasteiger partial charge in [0, 0.05) is 23.9 Å². The van der Waals surface area contributed by atoms with Crippen molar-refractivity contribution in [1.82, 2.24) is 9.55 Å². The molecule has 0 aliphatic heterocycles. The van der Waals surface area contributed by atoms with Gasteiger partial charge in [-0.2, -0.15) is 0 Å². The summed E-state index contributed by atoms with van der Waals surface area (Å²) in [5.74, 6) is 0.293. The number of benzene rings is 1. The Balaban J connectivity index is 0.00000180. The van der Waals surface area contributed by atoms with Crippen LogP contribution in [0.2, 0.25) is 0 Å². The van der Waals surface area contributed by atoms with E-state index in [9.17, 15) is 4.79 Å². The molecule has 1 aromatic carbocycles. The third-order valence-corrected chi connectivity index (χ3v) is 4.01. The van der Waals surface area contributed by atoms with E-state index in [0.717, 1.165) is 15.3 Å². The molecule has 0 unspecified atom stereocenters. The lowest BCUT2D eigenvalue weighted by Gasteiger charge is -2.06. The summed E-state index contributed by atoms with van der Waals surface area (Å²) >= 11 is 4.80. The Bertz CT molecular complexity index is 561. The predicted molar refractivity (Wildman–Crippen MR) is 84.0 cm³/mol. The van der Waals surface area contributed by atoms with E-state index in [2.05, 4.69) is 26.2 Å². The first-order valence-electron chi connectivity index (χ1n) is 5.31. The molecule has 102 valence electrons. The Labute approximate surface area is 130 Å². The molecule has 4 nitrogen and oxygen atoms in total. The third-order valence-electron chi connectivity index (χ3n) is 2.26. The van der Waals surface area contributed by atoms with Crippen LogP contribution in [0.4, 0.5) is 5.69 Å². The number of halogens is 2. The molecule has 0 aliphatic carbocycles. The van der Waals surface area contributed by atoms with Gasteiger partial charge in [-0.25, -0.2) is 4.98 Å². The molecular formula is C12H13BrClN3OS. The highest BCUT2D eigenvalue weighted by atomic mass is 79.9. The highest BCUT2D eigenvalue weighted by Gasteiger charge is 2.07. The molecule has 1 aromatic heterocycles. The molecule has 0 bridgehead atoms. The van der Waals surface area contributed by atoms with E-state index in [0.29, 0.717) is 5.75 Å². The predicted octanol–water partition coefficient (Wildman–Crippen LogP) is 3.34. The number of hydrogen-bond donors (Lipinski definition) is 1. The maximum atomic E-state index is 11.8. The molecular weight excluding hydrogens is 350 g/mol. The number of imidazole rings is 1. The maximum Gasteiger partial charge on any atom is 0.234 e. The van der Waals surface area contributed by atoms with Crippen molar-refractivity contribution in [3.05, 3.63) is 41.1 Å². The van der Waals surface area contributed by atoms with E-state index in [-0.39, 0.29) is 18.3 Å². The fraction of sp³-hybridized carbons (Fsp3) is 0.167. The molecule has 2 rings (SSSR count). The summed E-state index contributed by atoms with van der Waals surface area (Å²) in [7, 11) is 1.90. The Morgan fingerprint density at radius 1 is 1.47 bits per heavy atom. The first kappa shape index (κ1) is 16.1. The normalized spacial score (nSPS) is 9.79. The smallest absolute Gasteiger partial charge is 0.234 e. The van der Waals surface area contributed by atoms with Gasteiger partial charge in [0.15, 0.2) is 5.16 Å². The van der Waals surface area contributed by atoms with E-state index in [1.165, 1.54) is 11.8 Å². The number of nitrogens with one attached hydrogen (secondary N) is 1. The number of carbonyl (C=O) groups is 1. The number of aromatic nitrogens is 2. The zero-order valence-corrected chi connectivity index (χ0v) is 13.4. The van der Waals surface area contributed by atoms with E-state index in [1.807, 2.05) is 42.1 Å². The molecule has 19 heavy (non-hydrogen) atoms. The van der Waals surface area contributed by atoms with Crippen LogP contribution in [-0.4, -0.2) is 21.2 Å². The Morgan fingerprint density at radius 2 is 2.21 bits per heavy atom. The topological polar surface area (TPSA) is 46.9 Å². The number of hydrogen-bond acceptors (Lipinski definition) is 3. The lowest BCUT2D eigenvalue weighted by atomic mass is 10.3. The summed E-state index contributed by atoms with van der Waals surface area (Å²) in [6, 6.07) is 7.53. The van der Waals surface area contributed by atoms with Gasteiger partial charge >= 0.3 is 0 Å². The van der Waals surface area contributed by atoms with Gasteiger partial charge in [-0.15, -0.1) is 12.4 Å². The molecule has 0 atom stereocenters. The van der Waals surface area contributed by atoms with Crippen LogP contribution < -0.4 is 5.32 Å². The summed E-state index contributed by atoms with van der Waals surface area (Å²) in [6.07, 6.45) is 3.57. The first-order valence-corrected chi connectivity index (χ1v) is 7.09. The molecule has 1 heterocycles. The number of anilines is 1. The monoisotopic (exact) mass is 361 g/mol. The quantitative estimate of drug-likeness (QED) is 0.849. The van der Waals surface area contributed by atoms with E-state index < -0.39 is 0 Å². The largest absolute Gasteiger partial charge is 0.329 e. The molecule has 1 amide bonds. The van der Waals surface area contributed by atoms with Crippen LogP contribution in [0.15, 0.2) is 46.3 Å². The SMILES string of the molecule is Cl.Cn1ccnc1SCC(=O)Nc1ccccc1Br. The molecule has 0 saturated carbocycles. The number of amides is 1. The Kier molecular flexibility index (Phi) is 6.41. The van der Waals surface area contributed by atoms with Gasteiger partial charge < -0.3 is 9.88 Å². The van der Waals surface area contributed by atoms with Crippen LogP contribution in [0, 0.1) is 0 Å². The standard InChI is InChI=1S/C12H12BrN3OS.ClH/c1-16-7-6-14-12(16)18-8-11(17)15-10-5-3-2-4-9(10)13;/h2-7H,8H2,1H3,(H,15,17);1H. The number of thioether (sulfide) groups is 1. The molecule has 0 fully saturated rings. The van der Waals surface area contributed by atoms with Gasteiger partial charge in [-0.3, -0.25) is 4.79 Å². The van der Waals surface area contributed by atoms with Crippen LogP contribution in [0.25, 0.3) is 0 Å². The van der Waals surface area contributed by atoms with Crippen molar-refractivity contribution in [2.45, 2.75) is 5.16 Å². The van der Waals surface area contributed by atoms with Gasteiger partial charge in [-0.05, 0) is 28.1 Å². The van der Waals surface area contributed by atoms with E-state index in [4.69, 9.17) is 0 Å². The highest BCUT2D eigenvalue weighted by molar-refractivity contribution is 9.10. The van der Waals surface area contributed by atoms with Crippen molar-refractivity contribution in [2.75, 3.05) is 11.1 Å². The van der Waals surface area contributed by atoms with Crippen molar-refractivity contribution >= 4 is 51.7 Å². The average molecular weight is 363 g/mol. The number of aryl methyl sites for hydroxylation is 1. The van der Waals surface area contributed by atoms with Crippen molar-refractivity contribution in [2.24, 2.45) is 7.05 Å². The van der Waals surface area contributed by atoms with Crippen molar-refractivity contribution in [1.29, 1.82) is 0 Å². The number of carbonyl (C=O) groups excluding carboxylic acids is 1. The number of rotatable bonds is 4. The minimum atomic E-state index is -0.0464. The first-order chi connectivity index (χ1) is 8.66. The zero-order valence-electron chi connectivity index (χ0n) is 10.2. The molecule has 0 radical (unpaired) electrons. The third kappa shape index (κ3) is 4.56. The Hall–Kier alpha value is -0.980. The minimum absolute atomic E-state index is 0. The van der Waals surface area contributed by atoms with Gasteiger partial charge in [0.2, 0.25) is 5.91 Å². The molecule has 0 spiro atoms. The van der Waals surface area contributed by atoms with Crippen molar-refractivity contribution < 1.29 is 4.79 Å². The van der Waals surface area contributed by atoms with Crippen LogP contribution in [0.3, 0.4) is 0 Å². The van der Waals surface area contributed by atoms with Crippen molar-refractivity contribution in [3.63, 3.8) is 0 Å². The van der Waals surface area contributed by atoms with Crippen LogP contribution >= 0.6 is 40.1 Å². The van der Waals surface area contributed by atoms with Gasteiger partial charge in [0.1, 0.15) is 0 Å². The second-order valence-corrected chi connectivity index (χ2v) is 5.43. The second kappa shape index (κ2) is 7.57. The summed E-state index contributed by atoms with van der Waals surface area (Å²) < 4.78 is 2.76. The molecule has 0 aliphatic rings. The second-order valence-electron chi connectivity index (χ2n) is 3.64. The van der Waals surface area contributed by atoms with Gasteiger partial charge in [0.05, 0.1) is 11.4 Å². The fourth-order valence-corrected chi connectivity index (χ4v) is 2.49. The molecule has 1 N–H and O–H groups in total. The zero-order chi connectivity index (χ0) is 13.0. The van der Waals surface area contributed by atoms with Crippen LogP contribution in [0.1, 0.15) is 0 Å². The minimum Gasteiger partial charge on any atom is -0.329 e. The Morgan fingerprint density at radius 3 is 2.84 bits per heavy atom. The van der Waals surface area contributed by atoms with Crippen LogP contribution in [-0.2, 0) is 11.8 Å². The lowest BCUT2D eigenvalue weighted by Crippen LogP contribution is -2.14.